The number of benzene rings is 3. The average molecular weight is 572 g/mol. The molecule has 0 amide bonds. The van der Waals surface area contributed by atoms with Gasteiger partial charge >= 0.3 is 11.7 Å². The lowest BCUT2D eigenvalue weighted by Gasteiger charge is -2.20. The summed E-state index contributed by atoms with van der Waals surface area (Å²) in [5.41, 5.74) is 3.63. The molecule has 0 bridgehead atoms. The van der Waals surface area contributed by atoms with Crippen LogP contribution >= 0.6 is 11.6 Å². The molecule has 9 heteroatoms. The summed E-state index contributed by atoms with van der Waals surface area (Å²) in [6.45, 7) is 2.47. The van der Waals surface area contributed by atoms with E-state index in [1.165, 1.54) is 4.57 Å². The first kappa shape index (κ1) is 28.1. The lowest BCUT2D eigenvalue weighted by Crippen LogP contribution is -2.35. The number of fused-ring (bicyclic) bond motifs is 1. The van der Waals surface area contributed by atoms with Crippen LogP contribution < -0.4 is 15.8 Å². The van der Waals surface area contributed by atoms with Crippen LogP contribution in [-0.2, 0) is 29.0 Å². The van der Waals surface area contributed by atoms with Crippen molar-refractivity contribution >= 4 is 28.7 Å². The lowest BCUT2D eigenvalue weighted by atomic mass is 10.1. The third-order valence-electron chi connectivity index (χ3n) is 6.58. The Hall–Kier alpha value is -4.40. The molecular formula is C32H30ClN3O5. The molecule has 41 heavy (non-hydrogen) atoms. The van der Waals surface area contributed by atoms with E-state index in [9.17, 15) is 9.59 Å². The van der Waals surface area contributed by atoms with Gasteiger partial charge in [0.2, 0.25) is 0 Å². The fraction of sp³-hybridized carbons (Fsp3) is 0.219. The second-order valence-corrected chi connectivity index (χ2v) is 9.98. The fourth-order valence-corrected chi connectivity index (χ4v) is 4.67. The number of carbonyl (C=O) groups excluding carboxylic acids is 1. The first-order chi connectivity index (χ1) is 20.0. The SMILES string of the molecule is C[C@@H](Oc1cc2oc(=O)n(CCC(=O)O[C@H](Cc3ccccc3)NCc3ccccc3)c2cc1Cl)c1ccccn1. The Kier molecular flexibility index (Phi) is 9.13. The standard InChI is InChI=1S/C32H30ClN3O5/c1-22(26-14-8-9-16-34-26)39-28-20-29-27(19-25(28)33)36(32(38)40-29)17-15-31(37)41-30(18-23-10-4-2-5-11-23)35-21-24-12-6-3-7-13-24/h2-14,16,19-20,22,30,35H,15,17-18,21H2,1H3/t22-,30-/m1/s1. The molecule has 3 aromatic carbocycles. The second kappa shape index (κ2) is 13.3. The smallest absolute Gasteiger partial charge is 0.419 e. The number of ether oxygens (including phenoxy) is 2. The van der Waals surface area contributed by atoms with Crippen LogP contribution in [0.15, 0.2) is 106 Å². The van der Waals surface area contributed by atoms with Crippen molar-refractivity contribution in [3.63, 3.8) is 0 Å². The number of hydrogen-bond donors (Lipinski definition) is 1. The largest absolute Gasteiger partial charge is 0.483 e. The summed E-state index contributed by atoms with van der Waals surface area (Å²) in [6.07, 6.45) is 1.25. The molecule has 5 aromatic rings. The molecule has 0 aliphatic carbocycles. The fourth-order valence-electron chi connectivity index (χ4n) is 4.47. The van der Waals surface area contributed by atoms with Crippen LogP contribution in [0.2, 0.25) is 5.02 Å². The van der Waals surface area contributed by atoms with E-state index in [0.29, 0.717) is 34.8 Å². The predicted octanol–water partition coefficient (Wildman–Crippen LogP) is 6.07. The van der Waals surface area contributed by atoms with Crippen molar-refractivity contribution in [2.45, 2.75) is 45.2 Å². The summed E-state index contributed by atoms with van der Waals surface area (Å²) in [4.78, 5) is 29.9. The van der Waals surface area contributed by atoms with E-state index in [2.05, 4.69) is 10.3 Å². The number of esters is 1. The third kappa shape index (κ3) is 7.42. The Morgan fingerprint density at radius 2 is 1.71 bits per heavy atom. The van der Waals surface area contributed by atoms with Gasteiger partial charge in [0.25, 0.3) is 0 Å². The van der Waals surface area contributed by atoms with E-state index >= 15 is 0 Å². The molecule has 0 unspecified atom stereocenters. The molecular weight excluding hydrogens is 542 g/mol. The van der Waals surface area contributed by atoms with E-state index in [-0.39, 0.29) is 19.1 Å². The van der Waals surface area contributed by atoms with Crippen molar-refractivity contribution in [1.82, 2.24) is 14.9 Å². The second-order valence-electron chi connectivity index (χ2n) is 9.57. The molecule has 0 saturated carbocycles. The van der Waals surface area contributed by atoms with Gasteiger partial charge in [0.15, 0.2) is 11.8 Å². The van der Waals surface area contributed by atoms with Crippen molar-refractivity contribution in [3.8, 4) is 5.75 Å². The highest BCUT2D eigenvalue weighted by Crippen LogP contribution is 2.33. The Morgan fingerprint density at radius 1 is 1.00 bits per heavy atom. The summed E-state index contributed by atoms with van der Waals surface area (Å²) in [6, 6.07) is 28.4. The Balaban J connectivity index is 1.25. The zero-order valence-corrected chi connectivity index (χ0v) is 23.3. The number of halogens is 1. The van der Waals surface area contributed by atoms with E-state index in [1.54, 1.807) is 18.3 Å². The van der Waals surface area contributed by atoms with Crippen LogP contribution in [0.1, 0.15) is 36.3 Å². The molecule has 1 N–H and O–H groups in total. The van der Waals surface area contributed by atoms with Crippen molar-refractivity contribution in [1.29, 1.82) is 0 Å². The maximum Gasteiger partial charge on any atom is 0.419 e. The first-order valence-corrected chi connectivity index (χ1v) is 13.8. The summed E-state index contributed by atoms with van der Waals surface area (Å²) in [5.74, 6) is -0.671. The van der Waals surface area contributed by atoms with Crippen LogP contribution in [0.5, 0.6) is 5.75 Å². The number of aryl methyl sites for hydroxylation is 1. The summed E-state index contributed by atoms with van der Waals surface area (Å²) >= 11 is 6.51. The zero-order valence-electron chi connectivity index (χ0n) is 22.5. The van der Waals surface area contributed by atoms with Gasteiger partial charge in [-0.2, -0.15) is 0 Å². The van der Waals surface area contributed by atoms with E-state index in [1.807, 2.05) is 85.8 Å². The molecule has 210 valence electrons. The molecule has 2 heterocycles. The van der Waals surface area contributed by atoms with Gasteiger partial charge in [-0.3, -0.25) is 19.7 Å². The van der Waals surface area contributed by atoms with Crippen LogP contribution in [0.25, 0.3) is 11.1 Å². The van der Waals surface area contributed by atoms with Crippen LogP contribution in [0, 0.1) is 0 Å². The van der Waals surface area contributed by atoms with Crippen LogP contribution in [-0.4, -0.2) is 21.7 Å². The number of nitrogens with one attached hydrogen (secondary N) is 1. The quantitative estimate of drug-likeness (QED) is 0.143. The number of rotatable bonds is 12. The number of aromatic nitrogens is 2. The van der Waals surface area contributed by atoms with Crippen molar-refractivity contribution < 1.29 is 18.7 Å². The molecule has 0 spiro atoms. The molecule has 0 saturated heterocycles. The number of nitrogens with zero attached hydrogens (tertiary/aromatic N) is 2. The maximum atomic E-state index is 12.9. The van der Waals surface area contributed by atoms with Gasteiger partial charge in [0.1, 0.15) is 11.9 Å². The van der Waals surface area contributed by atoms with E-state index < -0.39 is 18.0 Å². The average Bonchev–Trinajstić information content (AvgIpc) is 3.29. The number of hydrogen-bond acceptors (Lipinski definition) is 7. The van der Waals surface area contributed by atoms with Gasteiger partial charge in [-0.25, -0.2) is 4.79 Å². The van der Waals surface area contributed by atoms with Gasteiger partial charge in [0.05, 0.1) is 22.7 Å². The van der Waals surface area contributed by atoms with Crippen molar-refractivity contribution in [3.05, 3.63) is 130 Å². The molecule has 2 aromatic heterocycles. The highest BCUT2D eigenvalue weighted by Gasteiger charge is 2.19. The zero-order chi connectivity index (χ0) is 28.6. The van der Waals surface area contributed by atoms with Crippen LogP contribution in [0.4, 0.5) is 0 Å². The minimum Gasteiger partial charge on any atom is -0.483 e. The molecule has 0 fully saturated rings. The number of pyridine rings is 1. The Morgan fingerprint density at radius 3 is 2.41 bits per heavy atom. The van der Waals surface area contributed by atoms with Crippen LogP contribution in [0.3, 0.4) is 0 Å². The molecule has 0 aliphatic heterocycles. The normalized spacial score (nSPS) is 12.6. The summed E-state index contributed by atoms with van der Waals surface area (Å²) in [5, 5.41) is 3.64. The minimum atomic E-state index is -0.596. The molecule has 0 aliphatic rings. The van der Waals surface area contributed by atoms with Gasteiger partial charge in [-0.05, 0) is 36.2 Å². The highest BCUT2D eigenvalue weighted by atomic mass is 35.5. The minimum absolute atomic E-state index is 0.0283. The Bertz CT molecular complexity index is 1640. The summed E-state index contributed by atoms with van der Waals surface area (Å²) in [7, 11) is 0. The van der Waals surface area contributed by atoms with Gasteiger partial charge < -0.3 is 13.9 Å². The van der Waals surface area contributed by atoms with Gasteiger partial charge in [0, 0.05) is 31.8 Å². The summed E-state index contributed by atoms with van der Waals surface area (Å²) < 4.78 is 18.6. The number of carbonyl (C=O) groups is 1. The molecule has 8 nitrogen and oxygen atoms in total. The Labute approximate surface area is 242 Å². The molecule has 0 radical (unpaired) electrons. The molecule has 5 rings (SSSR count). The first-order valence-electron chi connectivity index (χ1n) is 13.4. The number of oxazole rings is 1. The van der Waals surface area contributed by atoms with Crippen molar-refractivity contribution in [2.75, 3.05) is 0 Å². The van der Waals surface area contributed by atoms with Crippen molar-refractivity contribution in [2.24, 2.45) is 0 Å². The van der Waals surface area contributed by atoms with E-state index in [0.717, 1.165) is 16.8 Å². The molecule has 2 atom stereocenters. The van der Waals surface area contributed by atoms with Gasteiger partial charge in [-0.1, -0.05) is 78.3 Å². The lowest BCUT2D eigenvalue weighted by molar-refractivity contribution is -0.151. The monoisotopic (exact) mass is 571 g/mol. The topological polar surface area (TPSA) is 95.6 Å². The van der Waals surface area contributed by atoms with Gasteiger partial charge in [-0.15, -0.1) is 0 Å². The highest BCUT2D eigenvalue weighted by molar-refractivity contribution is 6.32. The maximum absolute atomic E-state index is 12.9. The third-order valence-corrected chi connectivity index (χ3v) is 6.88. The van der Waals surface area contributed by atoms with E-state index in [4.69, 9.17) is 25.5 Å². The predicted molar refractivity (Wildman–Crippen MR) is 157 cm³/mol.